The highest BCUT2D eigenvalue weighted by molar-refractivity contribution is 5.21. The molecule has 1 nitrogen and oxygen atoms in total. The molecule has 0 aromatic carbocycles. The molecule has 0 bridgehead atoms. The average molecular weight is 181 g/mol. The minimum atomic E-state index is 0.954. The van der Waals surface area contributed by atoms with Crippen molar-refractivity contribution in [3.63, 3.8) is 0 Å². The maximum atomic E-state index is 3.83. The Morgan fingerprint density at radius 3 is 2.15 bits per heavy atom. The molecule has 1 N–H and O–H groups in total. The summed E-state index contributed by atoms with van der Waals surface area (Å²) in [5, 5.41) is 3.17. The summed E-state index contributed by atoms with van der Waals surface area (Å²) < 4.78 is 0. The topological polar surface area (TPSA) is 12.0 Å². The first-order valence-electron chi connectivity index (χ1n) is 4.93. The quantitative estimate of drug-likeness (QED) is 0.638. The van der Waals surface area contributed by atoms with Crippen LogP contribution in [0.4, 0.5) is 0 Å². The highest BCUT2D eigenvalue weighted by Crippen LogP contribution is 1.93. The van der Waals surface area contributed by atoms with Gasteiger partial charge < -0.3 is 5.32 Å². The fraction of sp³-hybridized carbons (Fsp3) is 0.500. The van der Waals surface area contributed by atoms with Gasteiger partial charge in [0.1, 0.15) is 0 Å². The van der Waals surface area contributed by atoms with Gasteiger partial charge in [-0.25, -0.2) is 0 Å². The van der Waals surface area contributed by atoms with E-state index in [4.69, 9.17) is 0 Å². The highest BCUT2D eigenvalue weighted by Gasteiger charge is 1.83. The Bertz CT molecular complexity index is 166. The summed E-state index contributed by atoms with van der Waals surface area (Å²) in [6.45, 7) is 16.7. The summed E-state index contributed by atoms with van der Waals surface area (Å²) in [4.78, 5) is 0. The van der Waals surface area contributed by atoms with E-state index in [1.165, 1.54) is 0 Å². The van der Waals surface area contributed by atoms with Crippen LogP contribution in [0.5, 0.6) is 0 Å². The van der Waals surface area contributed by atoms with Crippen LogP contribution in [0.3, 0.4) is 0 Å². The third-order valence-corrected chi connectivity index (χ3v) is 1.17. The van der Waals surface area contributed by atoms with Crippen molar-refractivity contribution < 1.29 is 0 Å². The zero-order valence-corrected chi connectivity index (χ0v) is 9.48. The van der Waals surface area contributed by atoms with E-state index in [-0.39, 0.29) is 0 Å². The Morgan fingerprint density at radius 2 is 1.77 bits per heavy atom. The number of rotatable bonds is 5. The normalized spacial score (nSPS) is 8.92. The molecule has 0 amide bonds. The lowest BCUT2D eigenvalue weighted by Crippen LogP contribution is -2.10. The molecule has 0 saturated carbocycles. The third-order valence-electron chi connectivity index (χ3n) is 1.17. The van der Waals surface area contributed by atoms with Crippen LogP contribution >= 0.6 is 0 Å². The number of allylic oxidation sites excluding steroid dienone is 3. The molecule has 0 aliphatic rings. The molecular formula is C12H23N. The minimum Gasteiger partial charge on any atom is -0.386 e. The second-order valence-electron chi connectivity index (χ2n) is 2.63. The van der Waals surface area contributed by atoms with Crippen LogP contribution in [0.1, 0.15) is 34.1 Å². The van der Waals surface area contributed by atoms with Crippen LogP contribution in [0.25, 0.3) is 0 Å². The summed E-state index contributed by atoms with van der Waals surface area (Å²) in [6, 6.07) is 0. The van der Waals surface area contributed by atoms with Crippen molar-refractivity contribution in [3.8, 4) is 0 Å². The van der Waals surface area contributed by atoms with Gasteiger partial charge in [0.25, 0.3) is 0 Å². The molecule has 0 saturated heterocycles. The molecule has 0 heterocycles. The molecular weight excluding hydrogens is 158 g/mol. The predicted octanol–water partition coefficient (Wildman–Crippen LogP) is 3.66. The van der Waals surface area contributed by atoms with Gasteiger partial charge in [0.15, 0.2) is 0 Å². The van der Waals surface area contributed by atoms with Crippen molar-refractivity contribution in [2.24, 2.45) is 0 Å². The smallest absolute Gasteiger partial charge is 0.0267 e. The van der Waals surface area contributed by atoms with Crippen LogP contribution in [-0.4, -0.2) is 6.54 Å². The first-order chi connectivity index (χ1) is 6.16. The van der Waals surface area contributed by atoms with Crippen molar-refractivity contribution in [2.75, 3.05) is 6.54 Å². The Morgan fingerprint density at radius 1 is 1.23 bits per heavy atom. The number of hydrogen-bond acceptors (Lipinski definition) is 1. The average Bonchev–Trinajstić information content (AvgIpc) is 2.14. The largest absolute Gasteiger partial charge is 0.386 e. The molecule has 0 unspecified atom stereocenters. The molecule has 0 atom stereocenters. The van der Waals surface area contributed by atoms with Gasteiger partial charge in [-0.1, -0.05) is 45.6 Å². The Hall–Kier alpha value is -0.980. The molecule has 0 aromatic heterocycles. The predicted molar refractivity (Wildman–Crippen MR) is 62.7 cm³/mol. The zero-order valence-electron chi connectivity index (χ0n) is 9.48. The minimum absolute atomic E-state index is 0.954. The Balaban J connectivity index is 0. The first-order valence-corrected chi connectivity index (χ1v) is 4.93. The summed E-state index contributed by atoms with van der Waals surface area (Å²) in [5.41, 5.74) is 2.00. The van der Waals surface area contributed by atoms with Gasteiger partial charge in [-0.05, 0) is 19.4 Å². The Labute approximate surface area is 83.2 Å². The van der Waals surface area contributed by atoms with Gasteiger partial charge in [-0.3, -0.25) is 0 Å². The van der Waals surface area contributed by atoms with Gasteiger partial charge >= 0.3 is 0 Å². The van der Waals surface area contributed by atoms with E-state index in [2.05, 4.69) is 25.4 Å². The van der Waals surface area contributed by atoms with E-state index in [0.29, 0.717) is 0 Å². The summed E-state index contributed by atoms with van der Waals surface area (Å²) >= 11 is 0. The van der Waals surface area contributed by atoms with Crippen molar-refractivity contribution in [1.82, 2.24) is 5.32 Å². The molecule has 0 fully saturated rings. The fourth-order valence-electron chi connectivity index (χ4n) is 0.587. The molecule has 76 valence electrons. The van der Waals surface area contributed by atoms with Crippen LogP contribution in [-0.2, 0) is 0 Å². The molecule has 0 rings (SSSR count). The standard InChI is InChI=1S/C10H17N.C2H6/c1-5-8-11-10(4)7-6-9(2)3;1-2/h6-7,11H,2,4-5,8H2,1,3H3;1-2H3/b7-6-;. The second-order valence-corrected chi connectivity index (χ2v) is 2.63. The maximum absolute atomic E-state index is 3.83. The molecule has 1 heteroatoms. The van der Waals surface area contributed by atoms with Crippen LogP contribution < -0.4 is 5.32 Å². The lowest BCUT2D eigenvalue weighted by molar-refractivity contribution is 0.787. The molecule has 0 aliphatic heterocycles. The van der Waals surface area contributed by atoms with Crippen molar-refractivity contribution in [3.05, 3.63) is 36.6 Å². The van der Waals surface area contributed by atoms with Crippen LogP contribution in [0.15, 0.2) is 36.6 Å². The van der Waals surface area contributed by atoms with Gasteiger partial charge in [0.05, 0.1) is 0 Å². The van der Waals surface area contributed by atoms with E-state index < -0.39 is 0 Å². The van der Waals surface area contributed by atoms with Crippen molar-refractivity contribution in [2.45, 2.75) is 34.1 Å². The van der Waals surface area contributed by atoms with Crippen LogP contribution in [0, 0.1) is 0 Å². The molecule has 0 spiro atoms. The third kappa shape index (κ3) is 13.9. The SMILES string of the molecule is C=C(C)/C=C\C(=C)NCCC.CC. The van der Waals surface area contributed by atoms with Gasteiger partial charge in [0.2, 0.25) is 0 Å². The first kappa shape index (κ1) is 14.5. The zero-order chi connectivity index (χ0) is 10.7. The van der Waals surface area contributed by atoms with E-state index in [1.54, 1.807) is 0 Å². The maximum Gasteiger partial charge on any atom is 0.0267 e. The van der Waals surface area contributed by atoms with Crippen molar-refractivity contribution >= 4 is 0 Å². The molecule has 0 radical (unpaired) electrons. The molecule has 0 aliphatic carbocycles. The van der Waals surface area contributed by atoms with Crippen molar-refractivity contribution in [1.29, 1.82) is 0 Å². The summed E-state index contributed by atoms with van der Waals surface area (Å²) in [5.74, 6) is 0. The number of hydrogen-bond donors (Lipinski definition) is 1. The van der Waals surface area contributed by atoms with E-state index in [0.717, 1.165) is 24.2 Å². The molecule has 13 heavy (non-hydrogen) atoms. The second kappa shape index (κ2) is 11.0. The van der Waals surface area contributed by atoms with Gasteiger partial charge in [-0.2, -0.15) is 0 Å². The van der Waals surface area contributed by atoms with E-state index in [9.17, 15) is 0 Å². The van der Waals surface area contributed by atoms with E-state index >= 15 is 0 Å². The monoisotopic (exact) mass is 181 g/mol. The number of nitrogens with one attached hydrogen (secondary N) is 1. The van der Waals surface area contributed by atoms with Crippen LogP contribution in [0.2, 0.25) is 0 Å². The lowest BCUT2D eigenvalue weighted by Gasteiger charge is -2.01. The lowest BCUT2D eigenvalue weighted by atomic mass is 10.3. The van der Waals surface area contributed by atoms with Gasteiger partial charge in [0, 0.05) is 12.2 Å². The highest BCUT2D eigenvalue weighted by atomic mass is 14.9. The van der Waals surface area contributed by atoms with E-state index in [1.807, 2.05) is 32.9 Å². The van der Waals surface area contributed by atoms with Gasteiger partial charge in [-0.15, -0.1) is 0 Å². The molecule has 0 aromatic rings. The Kier molecular flexibility index (Phi) is 12.3. The summed E-state index contributed by atoms with van der Waals surface area (Å²) in [7, 11) is 0. The fourth-order valence-corrected chi connectivity index (χ4v) is 0.587. The summed E-state index contributed by atoms with van der Waals surface area (Å²) in [6.07, 6.45) is 5.02.